The second kappa shape index (κ2) is 10.6. The zero-order valence-corrected chi connectivity index (χ0v) is 21.8. The molecule has 1 N–H and O–H groups in total. The smallest absolute Gasteiger partial charge is 0.271 e. The number of ether oxygens (including phenoxy) is 1. The summed E-state index contributed by atoms with van der Waals surface area (Å²) < 4.78 is 7.94. The molecule has 0 aliphatic rings. The quantitative estimate of drug-likeness (QED) is 0.136. The lowest BCUT2D eigenvalue weighted by molar-refractivity contribution is 0.0955. The standard InChI is InChI=1S/C25H17ClI2N2O2/c26-21-9-5-16(6-10-21)15-32-24-22(27)11-17(12-23(24)28)14-29-30-25(31)20-8-7-18-3-1-2-4-19(18)13-20/h1-14H,15H2,(H,30,31)/b29-14-. The minimum Gasteiger partial charge on any atom is -0.487 e. The molecule has 0 atom stereocenters. The molecule has 0 aliphatic carbocycles. The van der Waals surface area contributed by atoms with E-state index in [2.05, 4.69) is 55.7 Å². The van der Waals surface area contributed by atoms with Crippen LogP contribution in [0.3, 0.4) is 0 Å². The number of hydrazone groups is 1. The van der Waals surface area contributed by atoms with Crippen molar-refractivity contribution in [1.82, 2.24) is 5.43 Å². The third-order valence-corrected chi connectivity index (χ3v) is 6.56. The van der Waals surface area contributed by atoms with Gasteiger partial charge in [0.2, 0.25) is 0 Å². The van der Waals surface area contributed by atoms with Gasteiger partial charge >= 0.3 is 0 Å². The van der Waals surface area contributed by atoms with Gasteiger partial charge in [0.05, 0.1) is 13.4 Å². The summed E-state index contributed by atoms with van der Waals surface area (Å²) in [5, 5.41) is 6.94. The van der Waals surface area contributed by atoms with Gasteiger partial charge in [-0.05, 0) is 103 Å². The van der Waals surface area contributed by atoms with Crippen molar-refractivity contribution in [2.24, 2.45) is 5.10 Å². The molecule has 0 saturated carbocycles. The minimum absolute atomic E-state index is 0.251. The van der Waals surface area contributed by atoms with Crippen molar-refractivity contribution < 1.29 is 9.53 Å². The molecule has 0 spiro atoms. The fraction of sp³-hybridized carbons (Fsp3) is 0.0400. The van der Waals surface area contributed by atoms with Crippen LogP contribution in [0, 0.1) is 7.14 Å². The number of rotatable bonds is 6. The summed E-state index contributed by atoms with van der Waals surface area (Å²) in [6.07, 6.45) is 1.63. The second-order valence-corrected chi connectivity index (χ2v) is 9.75. The van der Waals surface area contributed by atoms with E-state index in [0.29, 0.717) is 17.2 Å². The molecule has 4 nitrogen and oxygen atoms in total. The van der Waals surface area contributed by atoms with Crippen molar-refractivity contribution in [2.75, 3.05) is 0 Å². The van der Waals surface area contributed by atoms with Gasteiger partial charge in [-0.1, -0.05) is 54.1 Å². The van der Waals surface area contributed by atoms with Crippen LogP contribution < -0.4 is 10.2 Å². The van der Waals surface area contributed by atoms with Gasteiger partial charge in [-0.3, -0.25) is 4.79 Å². The summed E-state index contributed by atoms with van der Waals surface area (Å²) in [5.74, 6) is 0.567. The predicted molar refractivity (Wildman–Crippen MR) is 147 cm³/mol. The normalized spacial score (nSPS) is 11.1. The van der Waals surface area contributed by atoms with Crippen LogP contribution in [0.1, 0.15) is 21.5 Å². The molecule has 0 heterocycles. The lowest BCUT2D eigenvalue weighted by Crippen LogP contribution is -2.17. The predicted octanol–water partition coefficient (Wildman–Crippen LogP) is 7.05. The Balaban J connectivity index is 1.41. The highest BCUT2D eigenvalue weighted by molar-refractivity contribution is 14.1. The first-order valence-corrected chi connectivity index (χ1v) is 12.2. The van der Waals surface area contributed by atoms with E-state index in [1.165, 1.54) is 0 Å². The fourth-order valence-electron chi connectivity index (χ4n) is 3.09. The first-order valence-electron chi connectivity index (χ1n) is 9.68. The fourth-order valence-corrected chi connectivity index (χ4v) is 5.34. The third kappa shape index (κ3) is 5.79. The topological polar surface area (TPSA) is 50.7 Å². The maximum absolute atomic E-state index is 12.5. The molecule has 1 amide bonds. The molecule has 4 aromatic carbocycles. The largest absolute Gasteiger partial charge is 0.487 e. The number of carbonyl (C=O) groups excluding carboxylic acids is 1. The molecular weight excluding hydrogens is 650 g/mol. The van der Waals surface area contributed by atoms with E-state index in [-0.39, 0.29) is 5.91 Å². The van der Waals surface area contributed by atoms with E-state index in [1.807, 2.05) is 72.8 Å². The maximum atomic E-state index is 12.5. The Labute approximate surface area is 218 Å². The van der Waals surface area contributed by atoms with Crippen molar-refractivity contribution in [2.45, 2.75) is 6.61 Å². The van der Waals surface area contributed by atoms with Crippen LogP contribution in [0.5, 0.6) is 5.75 Å². The number of fused-ring (bicyclic) bond motifs is 1. The van der Waals surface area contributed by atoms with Gasteiger partial charge in [0, 0.05) is 10.6 Å². The molecule has 160 valence electrons. The number of carbonyl (C=O) groups is 1. The van der Waals surface area contributed by atoms with Crippen molar-refractivity contribution in [3.05, 3.63) is 108 Å². The zero-order valence-electron chi connectivity index (χ0n) is 16.7. The summed E-state index contributed by atoms with van der Waals surface area (Å²) in [7, 11) is 0. The van der Waals surface area contributed by atoms with Crippen molar-refractivity contribution in [3.63, 3.8) is 0 Å². The number of nitrogens with one attached hydrogen (secondary N) is 1. The van der Waals surface area contributed by atoms with Crippen LogP contribution >= 0.6 is 56.8 Å². The number of nitrogens with zero attached hydrogens (tertiary/aromatic N) is 1. The van der Waals surface area contributed by atoms with E-state index in [1.54, 1.807) is 12.3 Å². The molecular formula is C25H17ClI2N2O2. The minimum atomic E-state index is -0.251. The summed E-state index contributed by atoms with van der Waals surface area (Å²) in [6.45, 7) is 0.457. The number of hydrogen-bond acceptors (Lipinski definition) is 3. The van der Waals surface area contributed by atoms with Crippen LogP contribution in [0.25, 0.3) is 10.8 Å². The van der Waals surface area contributed by atoms with E-state index in [4.69, 9.17) is 16.3 Å². The molecule has 0 fully saturated rings. The lowest BCUT2D eigenvalue weighted by atomic mass is 10.1. The SMILES string of the molecule is O=C(N/N=C\c1cc(I)c(OCc2ccc(Cl)cc2)c(I)c1)c1ccc2ccccc2c1. The second-order valence-electron chi connectivity index (χ2n) is 6.99. The summed E-state index contributed by atoms with van der Waals surface area (Å²) in [6, 6.07) is 25.0. The Hall–Kier alpha value is -2.17. The first kappa shape index (κ1) is 23.0. The number of hydrogen-bond donors (Lipinski definition) is 1. The first-order chi connectivity index (χ1) is 15.5. The van der Waals surface area contributed by atoms with Crippen LogP contribution in [0.2, 0.25) is 5.02 Å². The van der Waals surface area contributed by atoms with Gasteiger partial charge in [-0.15, -0.1) is 0 Å². The lowest BCUT2D eigenvalue weighted by Gasteiger charge is -2.11. The Kier molecular flexibility index (Phi) is 7.64. The summed E-state index contributed by atoms with van der Waals surface area (Å²) in [4.78, 5) is 12.5. The van der Waals surface area contributed by atoms with Crippen LogP contribution in [-0.4, -0.2) is 12.1 Å². The van der Waals surface area contributed by atoms with Gasteiger partial charge < -0.3 is 4.74 Å². The molecule has 0 saturated heterocycles. The Bertz CT molecular complexity index is 1280. The van der Waals surface area contributed by atoms with E-state index in [9.17, 15) is 4.79 Å². The van der Waals surface area contributed by atoms with E-state index >= 15 is 0 Å². The van der Waals surface area contributed by atoms with Gasteiger partial charge in [-0.2, -0.15) is 5.10 Å². The molecule has 4 rings (SSSR count). The molecule has 0 aromatic heterocycles. The Morgan fingerprint density at radius 3 is 2.34 bits per heavy atom. The molecule has 0 bridgehead atoms. The molecule has 0 aliphatic heterocycles. The molecule has 4 aromatic rings. The highest BCUT2D eigenvalue weighted by atomic mass is 127. The number of amides is 1. The van der Waals surface area contributed by atoms with Gasteiger partial charge in [0.25, 0.3) is 5.91 Å². The van der Waals surface area contributed by atoms with E-state index < -0.39 is 0 Å². The molecule has 7 heteroatoms. The highest BCUT2D eigenvalue weighted by Gasteiger charge is 2.09. The van der Waals surface area contributed by atoms with Crippen molar-refractivity contribution in [3.8, 4) is 5.75 Å². The number of benzene rings is 4. The van der Waals surface area contributed by atoms with Gasteiger partial charge in [0.15, 0.2) is 0 Å². The summed E-state index contributed by atoms with van der Waals surface area (Å²) >= 11 is 10.4. The number of halogens is 3. The zero-order chi connectivity index (χ0) is 22.5. The summed E-state index contributed by atoms with van der Waals surface area (Å²) in [5.41, 5.74) is 5.08. The van der Waals surface area contributed by atoms with Crippen molar-refractivity contribution >= 4 is 79.7 Å². The highest BCUT2D eigenvalue weighted by Crippen LogP contribution is 2.29. The van der Waals surface area contributed by atoms with Gasteiger partial charge in [0.1, 0.15) is 12.4 Å². The third-order valence-electron chi connectivity index (χ3n) is 4.71. The Morgan fingerprint density at radius 2 is 1.62 bits per heavy atom. The van der Waals surface area contributed by atoms with Crippen molar-refractivity contribution in [1.29, 1.82) is 0 Å². The van der Waals surface area contributed by atoms with Crippen LogP contribution in [0.4, 0.5) is 0 Å². The van der Waals surface area contributed by atoms with Crippen LogP contribution in [-0.2, 0) is 6.61 Å². The Morgan fingerprint density at radius 1 is 0.938 bits per heavy atom. The molecule has 0 unspecified atom stereocenters. The van der Waals surface area contributed by atoms with Crippen LogP contribution in [0.15, 0.2) is 84.0 Å². The molecule has 32 heavy (non-hydrogen) atoms. The maximum Gasteiger partial charge on any atom is 0.271 e. The monoisotopic (exact) mass is 666 g/mol. The van der Waals surface area contributed by atoms with Gasteiger partial charge in [-0.25, -0.2) is 5.43 Å². The molecule has 0 radical (unpaired) electrons. The average molecular weight is 667 g/mol. The average Bonchev–Trinajstić information content (AvgIpc) is 2.79. The van der Waals surface area contributed by atoms with E-state index in [0.717, 1.165) is 34.8 Å².